The van der Waals surface area contributed by atoms with Crippen molar-refractivity contribution in [2.45, 2.75) is 12.5 Å². The molecule has 0 saturated carbocycles. The molecule has 1 rings (SSSR count). The molecule has 0 amide bonds. The van der Waals surface area contributed by atoms with Crippen LogP contribution in [-0.2, 0) is 17.3 Å². The van der Waals surface area contributed by atoms with E-state index in [1.165, 1.54) is 13.2 Å². The second-order valence-electron chi connectivity index (χ2n) is 2.57. The van der Waals surface area contributed by atoms with Gasteiger partial charge in [0, 0.05) is 12.7 Å². The van der Waals surface area contributed by atoms with Crippen molar-refractivity contribution in [2.75, 3.05) is 13.7 Å². The SMILES string of the molecule is COCc1ccoc1C(F)(F)CO. The van der Waals surface area contributed by atoms with Crippen LogP contribution >= 0.6 is 0 Å². The Bertz CT molecular complexity index is 270. The number of aliphatic hydroxyl groups is 1. The van der Waals surface area contributed by atoms with Gasteiger partial charge in [-0.15, -0.1) is 0 Å². The normalized spacial score (nSPS) is 12.0. The molecule has 1 heterocycles. The van der Waals surface area contributed by atoms with Crippen LogP contribution in [0.1, 0.15) is 11.3 Å². The van der Waals surface area contributed by atoms with E-state index in [2.05, 4.69) is 4.42 Å². The van der Waals surface area contributed by atoms with E-state index in [1.807, 2.05) is 0 Å². The van der Waals surface area contributed by atoms with Crippen molar-refractivity contribution in [1.82, 2.24) is 0 Å². The van der Waals surface area contributed by atoms with Crippen LogP contribution in [0.3, 0.4) is 0 Å². The fraction of sp³-hybridized carbons (Fsp3) is 0.500. The molecule has 0 spiro atoms. The molecule has 1 N–H and O–H groups in total. The van der Waals surface area contributed by atoms with Crippen LogP contribution in [0.25, 0.3) is 0 Å². The summed E-state index contributed by atoms with van der Waals surface area (Å²) in [5.41, 5.74) is 0.251. The summed E-state index contributed by atoms with van der Waals surface area (Å²) >= 11 is 0. The summed E-state index contributed by atoms with van der Waals surface area (Å²) in [6.07, 6.45) is 1.15. The lowest BCUT2D eigenvalue weighted by molar-refractivity contribution is -0.0739. The number of furan rings is 1. The second-order valence-corrected chi connectivity index (χ2v) is 2.57. The number of hydrogen-bond acceptors (Lipinski definition) is 3. The van der Waals surface area contributed by atoms with Crippen molar-refractivity contribution >= 4 is 0 Å². The molecule has 5 heteroatoms. The molecule has 0 aliphatic rings. The van der Waals surface area contributed by atoms with Crippen molar-refractivity contribution in [3.63, 3.8) is 0 Å². The molecule has 0 aromatic carbocycles. The molecule has 0 unspecified atom stereocenters. The average molecular weight is 192 g/mol. The third-order valence-electron chi connectivity index (χ3n) is 1.58. The molecule has 0 aliphatic carbocycles. The average Bonchev–Trinajstić information content (AvgIpc) is 2.54. The molecule has 0 fully saturated rings. The minimum Gasteiger partial charge on any atom is -0.462 e. The number of ether oxygens (including phenoxy) is 1. The first-order valence-electron chi connectivity index (χ1n) is 3.66. The van der Waals surface area contributed by atoms with E-state index in [0.717, 1.165) is 6.26 Å². The maximum absolute atomic E-state index is 12.9. The van der Waals surface area contributed by atoms with Crippen molar-refractivity contribution in [1.29, 1.82) is 0 Å². The summed E-state index contributed by atoms with van der Waals surface area (Å²) in [5, 5.41) is 8.41. The van der Waals surface area contributed by atoms with Gasteiger partial charge in [0.05, 0.1) is 12.9 Å². The summed E-state index contributed by atoms with van der Waals surface area (Å²) in [6.45, 7) is -1.22. The van der Waals surface area contributed by atoms with Crippen molar-refractivity contribution in [3.8, 4) is 0 Å². The highest BCUT2D eigenvalue weighted by atomic mass is 19.3. The first-order valence-corrected chi connectivity index (χ1v) is 3.66. The topological polar surface area (TPSA) is 42.6 Å². The maximum atomic E-state index is 12.9. The van der Waals surface area contributed by atoms with Gasteiger partial charge in [-0.05, 0) is 6.07 Å². The van der Waals surface area contributed by atoms with Gasteiger partial charge < -0.3 is 14.3 Å². The van der Waals surface area contributed by atoms with E-state index < -0.39 is 18.3 Å². The number of halogens is 2. The lowest BCUT2D eigenvalue weighted by Crippen LogP contribution is -2.19. The molecule has 0 saturated heterocycles. The van der Waals surface area contributed by atoms with Crippen LogP contribution in [0.5, 0.6) is 0 Å². The minimum atomic E-state index is -3.34. The zero-order valence-corrected chi connectivity index (χ0v) is 7.09. The van der Waals surface area contributed by atoms with Crippen molar-refractivity contribution in [3.05, 3.63) is 23.7 Å². The number of rotatable bonds is 4. The van der Waals surface area contributed by atoms with E-state index in [9.17, 15) is 8.78 Å². The highest BCUT2D eigenvalue weighted by Gasteiger charge is 2.36. The summed E-state index contributed by atoms with van der Waals surface area (Å²) in [7, 11) is 1.40. The Morgan fingerprint density at radius 3 is 2.85 bits per heavy atom. The Balaban J connectivity index is 2.93. The van der Waals surface area contributed by atoms with Crippen LogP contribution in [0.15, 0.2) is 16.7 Å². The number of methoxy groups -OCH3 is 1. The Morgan fingerprint density at radius 2 is 2.31 bits per heavy atom. The maximum Gasteiger partial charge on any atom is 0.327 e. The quantitative estimate of drug-likeness (QED) is 0.786. The van der Waals surface area contributed by atoms with Gasteiger partial charge in [-0.1, -0.05) is 0 Å². The van der Waals surface area contributed by atoms with E-state index in [0.29, 0.717) is 0 Å². The molecular weight excluding hydrogens is 182 g/mol. The Hall–Kier alpha value is -0.940. The van der Waals surface area contributed by atoms with Crippen molar-refractivity contribution in [2.24, 2.45) is 0 Å². The molecule has 0 aliphatic heterocycles. The summed E-state index contributed by atoms with van der Waals surface area (Å²) in [4.78, 5) is 0. The minimum absolute atomic E-state index is 0.0431. The first kappa shape index (κ1) is 10.1. The van der Waals surface area contributed by atoms with Gasteiger partial charge in [-0.3, -0.25) is 0 Å². The van der Waals surface area contributed by atoms with Crippen LogP contribution in [0.4, 0.5) is 8.78 Å². The Labute approximate surface area is 73.9 Å². The van der Waals surface area contributed by atoms with Gasteiger partial charge >= 0.3 is 5.92 Å². The molecule has 74 valence electrons. The Morgan fingerprint density at radius 1 is 1.62 bits per heavy atom. The van der Waals surface area contributed by atoms with Gasteiger partial charge in [-0.2, -0.15) is 8.78 Å². The van der Waals surface area contributed by atoms with Crippen LogP contribution < -0.4 is 0 Å². The zero-order chi connectivity index (χ0) is 9.90. The molecule has 1 aromatic heterocycles. The summed E-state index contributed by atoms with van der Waals surface area (Å²) in [5.74, 6) is -3.87. The van der Waals surface area contributed by atoms with E-state index in [-0.39, 0.29) is 12.2 Å². The number of hydrogen-bond donors (Lipinski definition) is 1. The van der Waals surface area contributed by atoms with Crippen LogP contribution in [0.2, 0.25) is 0 Å². The second kappa shape index (κ2) is 3.85. The van der Waals surface area contributed by atoms with E-state index >= 15 is 0 Å². The van der Waals surface area contributed by atoms with Crippen LogP contribution in [0, 0.1) is 0 Å². The lowest BCUT2D eigenvalue weighted by Gasteiger charge is -2.11. The van der Waals surface area contributed by atoms with E-state index in [4.69, 9.17) is 9.84 Å². The highest BCUT2D eigenvalue weighted by Crippen LogP contribution is 2.31. The van der Waals surface area contributed by atoms with E-state index in [1.54, 1.807) is 0 Å². The molecule has 0 bridgehead atoms. The molecule has 0 radical (unpaired) electrons. The van der Waals surface area contributed by atoms with Gasteiger partial charge in [0.2, 0.25) is 0 Å². The Kier molecular flexibility index (Phi) is 3.00. The predicted octanol–water partition coefficient (Wildman–Crippen LogP) is 1.51. The third kappa shape index (κ3) is 2.05. The largest absolute Gasteiger partial charge is 0.462 e. The molecular formula is C8H10F2O3. The molecule has 1 aromatic rings. The van der Waals surface area contributed by atoms with Crippen LogP contribution in [-0.4, -0.2) is 18.8 Å². The molecule has 13 heavy (non-hydrogen) atoms. The standard InChI is InChI=1S/C8H10F2O3/c1-12-4-6-2-3-13-7(6)8(9,10)5-11/h2-3,11H,4-5H2,1H3. The van der Waals surface area contributed by atoms with Gasteiger partial charge in [-0.25, -0.2) is 0 Å². The fourth-order valence-electron chi connectivity index (χ4n) is 0.998. The van der Waals surface area contributed by atoms with Crippen molar-refractivity contribution < 1.29 is 23.0 Å². The highest BCUT2D eigenvalue weighted by molar-refractivity contribution is 5.20. The lowest BCUT2D eigenvalue weighted by atomic mass is 10.2. The van der Waals surface area contributed by atoms with Gasteiger partial charge in [0.25, 0.3) is 0 Å². The molecule has 0 atom stereocenters. The zero-order valence-electron chi connectivity index (χ0n) is 7.09. The number of aliphatic hydroxyl groups excluding tert-OH is 1. The fourth-order valence-corrected chi connectivity index (χ4v) is 0.998. The summed E-state index contributed by atoms with van der Waals surface area (Å²) < 4.78 is 35.1. The third-order valence-corrected chi connectivity index (χ3v) is 1.58. The monoisotopic (exact) mass is 192 g/mol. The smallest absolute Gasteiger partial charge is 0.327 e. The summed E-state index contributed by atoms with van der Waals surface area (Å²) in [6, 6.07) is 1.39. The predicted molar refractivity (Wildman–Crippen MR) is 40.4 cm³/mol. The van der Waals surface area contributed by atoms with Gasteiger partial charge in [0.15, 0.2) is 5.76 Å². The number of alkyl halides is 2. The first-order chi connectivity index (χ1) is 6.11. The van der Waals surface area contributed by atoms with Gasteiger partial charge in [0.1, 0.15) is 6.61 Å². The molecule has 3 nitrogen and oxygen atoms in total.